The molecule has 0 spiro atoms. The highest BCUT2D eigenvalue weighted by Gasteiger charge is 2.35. The molecule has 1 aliphatic heterocycles. The SMILES string of the molecule is COCC(O)CN1CCC2CCCCC21. The second kappa shape index (κ2) is 5.28. The van der Waals surface area contributed by atoms with Gasteiger partial charge in [-0.05, 0) is 31.7 Å². The lowest BCUT2D eigenvalue weighted by Crippen LogP contribution is -2.40. The molecule has 3 unspecified atom stereocenters. The highest BCUT2D eigenvalue weighted by Crippen LogP contribution is 2.35. The number of methoxy groups -OCH3 is 1. The molecule has 0 amide bonds. The van der Waals surface area contributed by atoms with Crippen molar-refractivity contribution in [3.05, 3.63) is 0 Å². The fourth-order valence-electron chi connectivity index (χ4n) is 3.25. The van der Waals surface area contributed by atoms with Crippen LogP contribution in [0.4, 0.5) is 0 Å². The molecule has 1 saturated carbocycles. The number of hydrogen-bond acceptors (Lipinski definition) is 3. The van der Waals surface area contributed by atoms with Crippen molar-refractivity contribution < 1.29 is 9.84 Å². The van der Waals surface area contributed by atoms with E-state index in [-0.39, 0.29) is 6.10 Å². The van der Waals surface area contributed by atoms with E-state index in [4.69, 9.17) is 4.74 Å². The van der Waals surface area contributed by atoms with Crippen LogP contribution in [0.3, 0.4) is 0 Å². The number of likely N-dealkylation sites (tertiary alicyclic amines) is 1. The van der Waals surface area contributed by atoms with E-state index in [0.29, 0.717) is 6.61 Å². The summed E-state index contributed by atoms with van der Waals surface area (Å²) in [5.74, 6) is 0.911. The van der Waals surface area contributed by atoms with E-state index in [1.165, 1.54) is 38.6 Å². The van der Waals surface area contributed by atoms with Crippen LogP contribution in [0.25, 0.3) is 0 Å². The summed E-state index contributed by atoms with van der Waals surface area (Å²) in [5.41, 5.74) is 0. The third-order valence-electron chi connectivity index (χ3n) is 3.93. The predicted molar refractivity (Wildman–Crippen MR) is 59.8 cm³/mol. The summed E-state index contributed by atoms with van der Waals surface area (Å²) < 4.78 is 4.97. The summed E-state index contributed by atoms with van der Waals surface area (Å²) in [6.07, 6.45) is 6.56. The second-order valence-electron chi connectivity index (χ2n) is 5.00. The Morgan fingerprint density at radius 1 is 1.33 bits per heavy atom. The van der Waals surface area contributed by atoms with E-state index in [0.717, 1.165) is 18.5 Å². The number of ether oxygens (including phenoxy) is 1. The highest BCUT2D eigenvalue weighted by molar-refractivity contribution is 4.90. The Labute approximate surface area is 92.4 Å². The molecule has 15 heavy (non-hydrogen) atoms. The fourth-order valence-corrected chi connectivity index (χ4v) is 3.25. The van der Waals surface area contributed by atoms with E-state index < -0.39 is 0 Å². The van der Waals surface area contributed by atoms with Crippen molar-refractivity contribution in [2.45, 2.75) is 44.2 Å². The van der Waals surface area contributed by atoms with Crippen LogP contribution in [0.5, 0.6) is 0 Å². The number of aliphatic hydroxyl groups is 1. The molecule has 88 valence electrons. The molecule has 0 bridgehead atoms. The zero-order valence-corrected chi connectivity index (χ0v) is 9.69. The topological polar surface area (TPSA) is 32.7 Å². The number of nitrogens with zero attached hydrogens (tertiary/aromatic N) is 1. The fraction of sp³-hybridized carbons (Fsp3) is 1.00. The van der Waals surface area contributed by atoms with Crippen molar-refractivity contribution in [3.63, 3.8) is 0 Å². The van der Waals surface area contributed by atoms with Gasteiger partial charge in [-0.1, -0.05) is 12.8 Å². The van der Waals surface area contributed by atoms with Gasteiger partial charge in [0.1, 0.15) is 0 Å². The van der Waals surface area contributed by atoms with Gasteiger partial charge in [-0.3, -0.25) is 4.90 Å². The Hall–Kier alpha value is -0.120. The smallest absolute Gasteiger partial charge is 0.0900 e. The van der Waals surface area contributed by atoms with Crippen LogP contribution in [0.15, 0.2) is 0 Å². The van der Waals surface area contributed by atoms with Gasteiger partial charge in [0, 0.05) is 19.7 Å². The third-order valence-corrected chi connectivity index (χ3v) is 3.93. The maximum absolute atomic E-state index is 9.73. The molecule has 3 heteroatoms. The second-order valence-corrected chi connectivity index (χ2v) is 5.00. The van der Waals surface area contributed by atoms with Crippen molar-refractivity contribution in [2.24, 2.45) is 5.92 Å². The standard InChI is InChI=1S/C12H23NO2/c1-15-9-11(14)8-13-7-6-10-4-2-3-5-12(10)13/h10-12,14H,2-9H2,1H3. The Kier molecular flexibility index (Phi) is 4.00. The molecule has 3 atom stereocenters. The summed E-state index contributed by atoms with van der Waals surface area (Å²) in [5, 5.41) is 9.73. The minimum Gasteiger partial charge on any atom is -0.389 e. The van der Waals surface area contributed by atoms with Gasteiger partial charge >= 0.3 is 0 Å². The number of hydrogen-bond donors (Lipinski definition) is 1. The quantitative estimate of drug-likeness (QED) is 0.763. The van der Waals surface area contributed by atoms with Crippen LogP contribution in [0.2, 0.25) is 0 Å². The Morgan fingerprint density at radius 2 is 2.13 bits per heavy atom. The Balaban J connectivity index is 1.82. The van der Waals surface area contributed by atoms with Crippen molar-refractivity contribution in [1.29, 1.82) is 0 Å². The first kappa shape index (κ1) is 11.4. The maximum atomic E-state index is 9.73. The van der Waals surface area contributed by atoms with Crippen molar-refractivity contribution in [1.82, 2.24) is 4.90 Å². The lowest BCUT2D eigenvalue weighted by atomic mass is 9.85. The van der Waals surface area contributed by atoms with Gasteiger partial charge in [0.25, 0.3) is 0 Å². The van der Waals surface area contributed by atoms with Crippen LogP contribution < -0.4 is 0 Å². The average Bonchev–Trinajstić information content (AvgIpc) is 2.62. The number of rotatable bonds is 4. The zero-order chi connectivity index (χ0) is 10.7. The number of β-amino-alcohol motifs (C(OH)–C–C–N with tert-alkyl or cyclic N) is 1. The molecule has 2 fully saturated rings. The molecule has 0 radical (unpaired) electrons. The normalized spacial score (nSPS) is 34.0. The number of aliphatic hydroxyl groups excluding tert-OH is 1. The summed E-state index contributed by atoms with van der Waals surface area (Å²) in [6, 6.07) is 0.755. The van der Waals surface area contributed by atoms with Crippen molar-refractivity contribution in [3.8, 4) is 0 Å². The van der Waals surface area contributed by atoms with Crippen LogP contribution in [-0.4, -0.2) is 49.0 Å². The lowest BCUT2D eigenvalue weighted by Gasteiger charge is -2.32. The average molecular weight is 213 g/mol. The van der Waals surface area contributed by atoms with E-state index in [1.54, 1.807) is 7.11 Å². The van der Waals surface area contributed by atoms with Gasteiger partial charge in [-0.15, -0.1) is 0 Å². The predicted octanol–water partition coefficient (Wildman–Crippen LogP) is 1.26. The molecule has 1 heterocycles. The molecule has 2 aliphatic rings. The molecule has 0 aromatic rings. The van der Waals surface area contributed by atoms with Crippen LogP contribution in [0, 0.1) is 5.92 Å². The molecule has 0 aromatic heterocycles. The van der Waals surface area contributed by atoms with Gasteiger partial charge in [0.15, 0.2) is 0 Å². The first-order chi connectivity index (χ1) is 7.31. The molecule has 3 nitrogen and oxygen atoms in total. The first-order valence-corrected chi connectivity index (χ1v) is 6.22. The van der Waals surface area contributed by atoms with E-state index in [1.807, 2.05) is 0 Å². The summed E-state index contributed by atoms with van der Waals surface area (Å²) >= 11 is 0. The summed E-state index contributed by atoms with van der Waals surface area (Å²) in [7, 11) is 1.65. The zero-order valence-electron chi connectivity index (χ0n) is 9.69. The van der Waals surface area contributed by atoms with E-state index >= 15 is 0 Å². The van der Waals surface area contributed by atoms with Crippen molar-refractivity contribution >= 4 is 0 Å². The minimum absolute atomic E-state index is 0.310. The summed E-state index contributed by atoms with van der Waals surface area (Å²) in [6.45, 7) is 2.44. The third kappa shape index (κ3) is 2.71. The van der Waals surface area contributed by atoms with E-state index in [2.05, 4.69) is 4.90 Å². The largest absolute Gasteiger partial charge is 0.389 e. The molecule has 2 rings (SSSR count). The molecule has 1 aliphatic carbocycles. The molecule has 1 N–H and O–H groups in total. The summed E-state index contributed by atoms with van der Waals surface area (Å²) in [4.78, 5) is 2.48. The van der Waals surface area contributed by atoms with E-state index in [9.17, 15) is 5.11 Å². The monoisotopic (exact) mass is 213 g/mol. The van der Waals surface area contributed by atoms with Crippen LogP contribution >= 0.6 is 0 Å². The van der Waals surface area contributed by atoms with Gasteiger partial charge in [0.05, 0.1) is 12.7 Å². The van der Waals surface area contributed by atoms with Crippen LogP contribution in [-0.2, 0) is 4.74 Å². The van der Waals surface area contributed by atoms with Gasteiger partial charge in [-0.2, -0.15) is 0 Å². The Morgan fingerprint density at radius 3 is 2.93 bits per heavy atom. The molecule has 0 aromatic carbocycles. The minimum atomic E-state index is -0.310. The highest BCUT2D eigenvalue weighted by atomic mass is 16.5. The van der Waals surface area contributed by atoms with Gasteiger partial charge < -0.3 is 9.84 Å². The lowest BCUT2D eigenvalue weighted by molar-refractivity contribution is 0.0291. The first-order valence-electron chi connectivity index (χ1n) is 6.22. The number of fused-ring (bicyclic) bond motifs is 1. The van der Waals surface area contributed by atoms with Crippen molar-refractivity contribution in [2.75, 3.05) is 26.8 Å². The molecule has 1 saturated heterocycles. The van der Waals surface area contributed by atoms with Gasteiger partial charge in [0.2, 0.25) is 0 Å². The Bertz CT molecular complexity index is 198. The van der Waals surface area contributed by atoms with Crippen LogP contribution in [0.1, 0.15) is 32.1 Å². The molecular weight excluding hydrogens is 190 g/mol. The van der Waals surface area contributed by atoms with Gasteiger partial charge in [-0.25, -0.2) is 0 Å². The molecular formula is C12H23NO2. The maximum Gasteiger partial charge on any atom is 0.0900 e.